The van der Waals surface area contributed by atoms with Gasteiger partial charge in [-0.15, -0.1) is 5.10 Å². The van der Waals surface area contributed by atoms with Gasteiger partial charge in [0.25, 0.3) is 11.5 Å². The monoisotopic (exact) mass is 446 g/mol. The molecule has 0 atom stereocenters. The van der Waals surface area contributed by atoms with Crippen molar-refractivity contribution in [2.75, 3.05) is 37.7 Å². The van der Waals surface area contributed by atoms with E-state index in [0.717, 1.165) is 17.1 Å². The lowest BCUT2D eigenvalue weighted by molar-refractivity contribution is -0.133. The maximum Gasteiger partial charge on any atom is 0.271 e. The number of nitrogens with zero attached hydrogens (tertiary/aromatic N) is 4. The van der Waals surface area contributed by atoms with Crippen LogP contribution in [0.5, 0.6) is 5.75 Å². The zero-order chi connectivity index (χ0) is 23.4. The Hall–Kier alpha value is -3.61. The minimum atomic E-state index is -0.168. The molecule has 0 saturated carbocycles. The molecule has 7 heteroatoms. The summed E-state index contributed by atoms with van der Waals surface area (Å²) >= 11 is 0. The molecule has 1 amide bonds. The summed E-state index contributed by atoms with van der Waals surface area (Å²) in [4.78, 5) is 28.9. The van der Waals surface area contributed by atoms with Gasteiger partial charge >= 0.3 is 0 Å². The SMILES string of the molecule is Cc1cccc(OCC(=O)N2CCN(c3ccc(=O)n(-c4ccc(C(C)C)cc4)n3)CC2)c1. The summed E-state index contributed by atoms with van der Waals surface area (Å²) in [5, 5.41) is 4.60. The van der Waals surface area contributed by atoms with Crippen LogP contribution >= 0.6 is 0 Å². The van der Waals surface area contributed by atoms with Crippen molar-refractivity contribution >= 4 is 11.7 Å². The fourth-order valence-corrected chi connectivity index (χ4v) is 3.88. The van der Waals surface area contributed by atoms with Crippen molar-refractivity contribution in [2.24, 2.45) is 0 Å². The maximum absolute atomic E-state index is 12.6. The highest BCUT2D eigenvalue weighted by Crippen LogP contribution is 2.18. The highest BCUT2D eigenvalue weighted by Gasteiger charge is 2.23. The van der Waals surface area contributed by atoms with E-state index in [-0.39, 0.29) is 18.1 Å². The first-order chi connectivity index (χ1) is 15.9. The van der Waals surface area contributed by atoms with Crippen molar-refractivity contribution in [3.63, 3.8) is 0 Å². The first kappa shape index (κ1) is 22.6. The zero-order valence-corrected chi connectivity index (χ0v) is 19.4. The third-order valence-electron chi connectivity index (χ3n) is 5.90. The lowest BCUT2D eigenvalue weighted by atomic mass is 10.0. The van der Waals surface area contributed by atoms with Crippen molar-refractivity contribution in [3.8, 4) is 11.4 Å². The van der Waals surface area contributed by atoms with Gasteiger partial charge in [-0.2, -0.15) is 4.68 Å². The van der Waals surface area contributed by atoms with Crippen LogP contribution in [-0.2, 0) is 4.79 Å². The number of carbonyl (C=O) groups is 1. The topological polar surface area (TPSA) is 67.7 Å². The summed E-state index contributed by atoms with van der Waals surface area (Å²) in [5.41, 5.74) is 2.89. The van der Waals surface area contributed by atoms with E-state index in [2.05, 4.69) is 23.8 Å². The molecule has 2 heterocycles. The lowest BCUT2D eigenvalue weighted by Gasteiger charge is -2.35. The molecule has 1 aliphatic heterocycles. The molecule has 0 N–H and O–H groups in total. The summed E-state index contributed by atoms with van der Waals surface area (Å²) in [6, 6.07) is 18.9. The van der Waals surface area contributed by atoms with Crippen LogP contribution in [0.3, 0.4) is 0 Å². The van der Waals surface area contributed by atoms with Gasteiger partial charge < -0.3 is 14.5 Å². The van der Waals surface area contributed by atoms with Gasteiger partial charge in [0.05, 0.1) is 5.69 Å². The highest BCUT2D eigenvalue weighted by atomic mass is 16.5. The molecule has 1 aliphatic rings. The van der Waals surface area contributed by atoms with Crippen molar-refractivity contribution in [3.05, 3.63) is 82.1 Å². The number of hydrogen-bond acceptors (Lipinski definition) is 5. The van der Waals surface area contributed by atoms with Gasteiger partial charge in [0.1, 0.15) is 11.6 Å². The van der Waals surface area contributed by atoms with Gasteiger partial charge in [-0.1, -0.05) is 38.1 Å². The van der Waals surface area contributed by atoms with Gasteiger partial charge in [0.15, 0.2) is 6.61 Å². The predicted molar refractivity (Wildman–Crippen MR) is 129 cm³/mol. The number of amides is 1. The number of benzene rings is 2. The van der Waals surface area contributed by atoms with E-state index in [1.54, 1.807) is 12.1 Å². The van der Waals surface area contributed by atoms with Crippen LogP contribution in [0.15, 0.2) is 65.5 Å². The average Bonchev–Trinajstić information content (AvgIpc) is 2.83. The van der Waals surface area contributed by atoms with Crippen molar-refractivity contribution in [1.29, 1.82) is 0 Å². The van der Waals surface area contributed by atoms with Gasteiger partial charge in [-0.3, -0.25) is 9.59 Å². The van der Waals surface area contributed by atoms with E-state index in [4.69, 9.17) is 4.74 Å². The maximum atomic E-state index is 12.6. The average molecular weight is 447 g/mol. The predicted octanol–water partition coefficient (Wildman–Crippen LogP) is 3.39. The Balaban J connectivity index is 1.38. The van der Waals surface area contributed by atoms with E-state index in [1.165, 1.54) is 10.2 Å². The van der Waals surface area contributed by atoms with Crippen molar-refractivity contribution in [1.82, 2.24) is 14.7 Å². The van der Waals surface area contributed by atoms with Gasteiger partial charge in [-0.25, -0.2) is 0 Å². The van der Waals surface area contributed by atoms with E-state index in [0.29, 0.717) is 37.8 Å². The first-order valence-electron chi connectivity index (χ1n) is 11.3. The standard InChI is InChI=1S/C26H30N4O3/c1-19(2)21-7-9-22(10-8-21)30-25(31)12-11-24(27-30)28-13-15-29(16-14-28)26(32)18-33-23-6-4-5-20(3)17-23/h4-12,17,19H,13-16,18H2,1-3H3. The van der Waals surface area contributed by atoms with E-state index >= 15 is 0 Å². The number of anilines is 1. The van der Waals surface area contributed by atoms with Gasteiger partial charge in [0, 0.05) is 32.2 Å². The summed E-state index contributed by atoms with van der Waals surface area (Å²) in [6.45, 7) is 8.75. The number of piperazine rings is 1. The van der Waals surface area contributed by atoms with Gasteiger partial charge in [0.2, 0.25) is 0 Å². The Labute approximate surface area is 194 Å². The Morgan fingerprint density at radius 2 is 1.73 bits per heavy atom. The molecule has 0 aliphatic carbocycles. The van der Waals surface area contributed by atoms with Crippen LogP contribution in [0.1, 0.15) is 30.9 Å². The summed E-state index contributed by atoms with van der Waals surface area (Å²) in [5.74, 6) is 1.83. The van der Waals surface area contributed by atoms with Crippen LogP contribution in [0.2, 0.25) is 0 Å². The second-order valence-electron chi connectivity index (χ2n) is 8.66. The number of hydrogen-bond donors (Lipinski definition) is 0. The Morgan fingerprint density at radius 1 is 1.00 bits per heavy atom. The fraction of sp³-hybridized carbons (Fsp3) is 0.346. The third-order valence-corrected chi connectivity index (χ3v) is 5.90. The molecule has 7 nitrogen and oxygen atoms in total. The van der Waals surface area contributed by atoms with Crippen molar-refractivity contribution < 1.29 is 9.53 Å². The third kappa shape index (κ3) is 5.42. The molecular weight excluding hydrogens is 416 g/mol. The summed E-state index contributed by atoms with van der Waals surface area (Å²) < 4.78 is 7.10. The van der Waals surface area contributed by atoms with Crippen LogP contribution in [0.25, 0.3) is 5.69 Å². The number of ether oxygens (including phenoxy) is 1. The minimum absolute atomic E-state index is 0.0267. The molecular formula is C26H30N4O3. The molecule has 1 aromatic heterocycles. The molecule has 1 fully saturated rings. The number of aromatic nitrogens is 2. The molecule has 3 aromatic rings. The zero-order valence-electron chi connectivity index (χ0n) is 19.4. The lowest BCUT2D eigenvalue weighted by Crippen LogP contribution is -2.50. The number of rotatable bonds is 6. The molecule has 2 aromatic carbocycles. The summed E-state index contributed by atoms with van der Waals surface area (Å²) in [7, 11) is 0. The molecule has 4 rings (SSSR count). The number of aryl methyl sites for hydroxylation is 1. The molecule has 172 valence electrons. The van der Waals surface area contributed by atoms with Crippen LogP contribution in [-0.4, -0.2) is 53.4 Å². The highest BCUT2D eigenvalue weighted by molar-refractivity contribution is 5.78. The minimum Gasteiger partial charge on any atom is -0.484 e. The van der Waals surface area contributed by atoms with Crippen molar-refractivity contribution in [2.45, 2.75) is 26.7 Å². The second-order valence-corrected chi connectivity index (χ2v) is 8.66. The molecule has 0 spiro atoms. The molecule has 0 bridgehead atoms. The molecule has 33 heavy (non-hydrogen) atoms. The normalized spacial score (nSPS) is 13.9. The largest absolute Gasteiger partial charge is 0.484 e. The smallest absolute Gasteiger partial charge is 0.271 e. The van der Waals surface area contributed by atoms with Crippen LogP contribution in [0, 0.1) is 6.92 Å². The Morgan fingerprint density at radius 3 is 2.39 bits per heavy atom. The van der Waals surface area contributed by atoms with Crippen LogP contribution in [0.4, 0.5) is 5.82 Å². The number of carbonyl (C=O) groups excluding carboxylic acids is 1. The van der Waals surface area contributed by atoms with E-state index < -0.39 is 0 Å². The van der Waals surface area contributed by atoms with Crippen LogP contribution < -0.4 is 15.2 Å². The second kappa shape index (κ2) is 9.90. The Bertz CT molecular complexity index is 1160. The fourth-order valence-electron chi connectivity index (χ4n) is 3.88. The molecule has 1 saturated heterocycles. The summed E-state index contributed by atoms with van der Waals surface area (Å²) in [6.07, 6.45) is 0. The Kier molecular flexibility index (Phi) is 6.77. The quantitative estimate of drug-likeness (QED) is 0.581. The van der Waals surface area contributed by atoms with Gasteiger partial charge in [-0.05, 0) is 54.3 Å². The molecule has 0 radical (unpaired) electrons. The first-order valence-corrected chi connectivity index (χ1v) is 11.3. The molecule has 0 unspecified atom stereocenters. The van der Waals surface area contributed by atoms with E-state index in [9.17, 15) is 9.59 Å². The van der Waals surface area contributed by atoms with E-state index in [1.807, 2.05) is 60.4 Å².